The minimum Gasteiger partial charge on any atom is -0.356 e. The van der Waals surface area contributed by atoms with E-state index in [0.717, 1.165) is 42.6 Å². The summed E-state index contributed by atoms with van der Waals surface area (Å²) in [7, 11) is 0. The number of hydrogen-bond donors (Lipinski definition) is 2. The molecule has 1 aliphatic heterocycles. The molecular weight excluding hydrogens is 278 g/mol. The summed E-state index contributed by atoms with van der Waals surface area (Å²) in [6, 6.07) is 0. The second-order valence-electron chi connectivity index (χ2n) is 6.26. The molecule has 0 aliphatic carbocycles. The number of aromatic nitrogens is 1. The number of likely N-dealkylation sites (tertiary alicyclic amines) is 1. The van der Waals surface area contributed by atoms with E-state index in [4.69, 9.17) is 0 Å². The zero-order chi connectivity index (χ0) is 16.3. The molecule has 1 aromatic rings. The van der Waals surface area contributed by atoms with Gasteiger partial charge in [0.05, 0.1) is 5.92 Å². The molecule has 2 N–H and O–H groups in total. The summed E-state index contributed by atoms with van der Waals surface area (Å²) in [6.45, 7) is 9.97. The van der Waals surface area contributed by atoms with Crippen LogP contribution >= 0.6 is 0 Å². The Hall–Kier alpha value is -1.78. The highest BCUT2D eigenvalue weighted by atomic mass is 16.2. The third-order valence-corrected chi connectivity index (χ3v) is 4.65. The second kappa shape index (κ2) is 6.99. The molecule has 1 fully saturated rings. The van der Waals surface area contributed by atoms with E-state index >= 15 is 0 Å². The Kier molecular flexibility index (Phi) is 5.27. The van der Waals surface area contributed by atoms with Gasteiger partial charge in [0.15, 0.2) is 0 Å². The lowest BCUT2D eigenvalue weighted by atomic mass is 9.96. The van der Waals surface area contributed by atoms with Crippen LogP contribution in [0.1, 0.15) is 53.5 Å². The van der Waals surface area contributed by atoms with Gasteiger partial charge in [0.2, 0.25) is 5.91 Å². The SMILES string of the molecule is CCCNC(=O)[C@@H]1CCCN(C(=O)c2[nH]c(C)c(C)c2C)C1. The second-order valence-corrected chi connectivity index (χ2v) is 6.26. The minimum absolute atomic E-state index is 0.0155. The van der Waals surface area contributed by atoms with Gasteiger partial charge < -0.3 is 15.2 Å². The van der Waals surface area contributed by atoms with E-state index < -0.39 is 0 Å². The van der Waals surface area contributed by atoms with Crippen molar-refractivity contribution in [3.05, 3.63) is 22.5 Å². The maximum absolute atomic E-state index is 12.7. The highest BCUT2D eigenvalue weighted by Gasteiger charge is 2.30. The molecule has 122 valence electrons. The summed E-state index contributed by atoms with van der Waals surface area (Å²) in [6.07, 6.45) is 2.68. The Morgan fingerprint density at radius 3 is 2.59 bits per heavy atom. The van der Waals surface area contributed by atoms with Crippen molar-refractivity contribution in [2.75, 3.05) is 19.6 Å². The maximum atomic E-state index is 12.7. The van der Waals surface area contributed by atoms with Gasteiger partial charge >= 0.3 is 0 Å². The van der Waals surface area contributed by atoms with Crippen LogP contribution in [0.4, 0.5) is 0 Å². The summed E-state index contributed by atoms with van der Waals surface area (Å²) in [5, 5.41) is 2.94. The minimum atomic E-state index is -0.0817. The van der Waals surface area contributed by atoms with Crippen molar-refractivity contribution >= 4 is 11.8 Å². The van der Waals surface area contributed by atoms with Crippen LogP contribution in [0.3, 0.4) is 0 Å². The molecule has 0 radical (unpaired) electrons. The van der Waals surface area contributed by atoms with Gasteiger partial charge in [0, 0.05) is 25.3 Å². The number of hydrogen-bond acceptors (Lipinski definition) is 2. The summed E-state index contributed by atoms with van der Waals surface area (Å²) in [5.41, 5.74) is 3.86. The van der Waals surface area contributed by atoms with E-state index in [-0.39, 0.29) is 17.7 Å². The van der Waals surface area contributed by atoms with E-state index in [1.807, 2.05) is 32.6 Å². The number of nitrogens with zero attached hydrogens (tertiary/aromatic N) is 1. The van der Waals surface area contributed by atoms with Crippen molar-refractivity contribution < 1.29 is 9.59 Å². The molecule has 1 aromatic heterocycles. The Labute approximate surface area is 132 Å². The molecule has 0 saturated carbocycles. The van der Waals surface area contributed by atoms with Crippen molar-refractivity contribution in [3.63, 3.8) is 0 Å². The van der Waals surface area contributed by atoms with Gasteiger partial charge in [-0.15, -0.1) is 0 Å². The zero-order valence-corrected chi connectivity index (χ0v) is 14.1. The number of carbonyl (C=O) groups excluding carboxylic acids is 2. The Balaban J connectivity index is 2.07. The van der Waals surface area contributed by atoms with Crippen molar-refractivity contribution in [2.24, 2.45) is 5.92 Å². The first-order valence-corrected chi connectivity index (χ1v) is 8.18. The number of carbonyl (C=O) groups is 2. The molecule has 1 saturated heterocycles. The monoisotopic (exact) mass is 305 g/mol. The number of aromatic amines is 1. The summed E-state index contributed by atoms with van der Waals surface area (Å²) < 4.78 is 0. The predicted molar refractivity (Wildman–Crippen MR) is 86.9 cm³/mol. The van der Waals surface area contributed by atoms with Crippen LogP contribution in [0.5, 0.6) is 0 Å². The van der Waals surface area contributed by atoms with Gasteiger partial charge in [-0.25, -0.2) is 0 Å². The quantitative estimate of drug-likeness (QED) is 0.896. The van der Waals surface area contributed by atoms with Crippen LogP contribution in [0.15, 0.2) is 0 Å². The highest BCUT2D eigenvalue weighted by molar-refractivity contribution is 5.95. The van der Waals surface area contributed by atoms with E-state index in [9.17, 15) is 9.59 Å². The smallest absolute Gasteiger partial charge is 0.270 e. The number of amides is 2. The topological polar surface area (TPSA) is 65.2 Å². The molecule has 5 heteroatoms. The molecule has 2 rings (SSSR count). The average Bonchev–Trinajstić information content (AvgIpc) is 2.79. The lowest BCUT2D eigenvalue weighted by molar-refractivity contribution is -0.126. The lowest BCUT2D eigenvalue weighted by Gasteiger charge is -2.32. The summed E-state index contributed by atoms with van der Waals surface area (Å²) in [5.74, 6) is 0.0123. The normalized spacial score (nSPS) is 18.4. The fourth-order valence-corrected chi connectivity index (χ4v) is 2.98. The van der Waals surface area contributed by atoms with Crippen LogP contribution in [-0.2, 0) is 4.79 Å². The van der Waals surface area contributed by atoms with Gasteiger partial charge in [0.1, 0.15) is 5.69 Å². The number of H-pyrrole nitrogens is 1. The lowest BCUT2D eigenvalue weighted by Crippen LogP contribution is -2.45. The van der Waals surface area contributed by atoms with Crippen LogP contribution in [0.25, 0.3) is 0 Å². The summed E-state index contributed by atoms with van der Waals surface area (Å²) in [4.78, 5) is 29.9. The van der Waals surface area contributed by atoms with Crippen molar-refractivity contribution in [1.82, 2.24) is 15.2 Å². The van der Waals surface area contributed by atoms with Gasteiger partial charge in [0.25, 0.3) is 5.91 Å². The van der Waals surface area contributed by atoms with Crippen molar-refractivity contribution in [1.29, 1.82) is 0 Å². The van der Waals surface area contributed by atoms with Crippen molar-refractivity contribution in [3.8, 4) is 0 Å². The molecule has 0 aromatic carbocycles. The van der Waals surface area contributed by atoms with E-state index in [2.05, 4.69) is 10.3 Å². The van der Waals surface area contributed by atoms with Crippen LogP contribution in [-0.4, -0.2) is 41.3 Å². The Morgan fingerprint density at radius 2 is 2.00 bits per heavy atom. The Morgan fingerprint density at radius 1 is 1.27 bits per heavy atom. The molecular formula is C17H27N3O2. The third-order valence-electron chi connectivity index (χ3n) is 4.65. The van der Waals surface area contributed by atoms with Crippen molar-refractivity contribution in [2.45, 2.75) is 47.0 Å². The standard InChI is InChI=1S/C17H27N3O2/c1-5-8-18-16(21)14-7-6-9-20(10-14)17(22)15-12(3)11(2)13(4)19-15/h14,19H,5-10H2,1-4H3,(H,18,21)/t14-/m1/s1. The zero-order valence-electron chi connectivity index (χ0n) is 14.1. The Bertz CT molecular complexity index is 562. The number of nitrogens with one attached hydrogen (secondary N) is 2. The fraction of sp³-hybridized carbons (Fsp3) is 0.647. The number of rotatable bonds is 4. The third kappa shape index (κ3) is 3.34. The first-order valence-electron chi connectivity index (χ1n) is 8.18. The molecule has 2 amide bonds. The first-order chi connectivity index (χ1) is 10.5. The molecule has 0 spiro atoms. The molecule has 0 unspecified atom stereocenters. The first kappa shape index (κ1) is 16.6. The molecule has 1 atom stereocenters. The van der Waals surface area contributed by atoms with Crippen LogP contribution in [0.2, 0.25) is 0 Å². The summed E-state index contributed by atoms with van der Waals surface area (Å²) >= 11 is 0. The van der Waals surface area contributed by atoms with Gasteiger partial charge in [-0.05, 0) is 51.2 Å². The highest BCUT2D eigenvalue weighted by Crippen LogP contribution is 2.22. The maximum Gasteiger partial charge on any atom is 0.270 e. The molecule has 5 nitrogen and oxygen atoms in total. The van der Waals surface area contributed by atoms with Crippen LogP contribution in [0, 0.1) is 26.7 Å². The molecule has 22 heavy (non-hydrogen) atoms. The molecule has 2 heterocycles. The van der Waals surface area contributed by atoms with Crippen LogP contribution < -0.4 is 5.32 Å². The van der Waals surface area contributed by atoms with Gasteiger partial charge in [-0.2, -0.15) is 0 Å². The largest absolute Gasteiger partial charge is 0.356 e. The average molecular weight is 305 g/mol. The van der Waals surface area contributed by atoms with E-state index in [0.29, 0.717) is 18.8 Å². The molecule has 1 aliphatic rings. The fourth-order valence-electron chi connectivity index (χ4n) is 2.98. The van der Waals surface area contributed by atoms with Gasteiger partial charge in [-0.1, -0.05) is 6.92 Å². The van der Waals surface area contributed by atoms with Gasteiger partial charge in [-0.3, -0.25) is 9.59 Å². The number of aryl methyl sites for hydroxylation is 1. The number of piperidine rings is 1. The van der Waals surface area contributed by atoms with E-state index in [1.165, 1.54) is 0 Å². The predicted octanol–water partition coefficient (Wildman–Crippen LogP) is 2.32. The van der Waals surface area contributed by atoms with E-state index in [1.54, 1.807) is 0 Å². The molecule has 0 bridgehead atoms.